The van der Waals surface area contributed by atoms with Crippen molar-refractivity contribution in [3.63, 3.8) is 0 Å². The molecule has 1 rings (SSSR count). The SMILES string of the molecule is CC(C)[C@@H](CO)[C@H](O)CCCOCc1ccccc1. The number of aliphatic hydroxyl groups is 2. The first-order valence-electron chi connectivity index (χ1n) is 7.05. The van der Waals surface area contributed by atoms with Crippen molar-refractivity contribution >= 4 is 0 Å². The minimum Gasteiger partial charge on any atom is -0.396 e. The summed E-state index contributed by atoms with van der Waals surface area (Å²) in [5.74, 6) is 0.263. The van der Waals surface area contributed by atoms with Crippen LogP contribution in [0, 0.1) is 11.8 Å². The smallest absolute Gasteiger partial charge is 0.0716 e. The van der Waals surface area contributed by atoms with Crippen molar-refractivity contribution in [2.45, 2.75) is 39.4 Å². The van der Waals surface area contributed by atoms with Crippen molar-refractivity contribution < 1.29 is 14.9 Å². The van der Waals surface area contributed by atoms with Gasteiger partial charge in [-0.1, -0.05) is 44.2 Å². The molecule has 0 spiro atoms. The van der Waals surface area contributed by atoms with E-state index >= 15 is 0 Å². The quantitative estimate of drug-likeness (QED) is 0.675. The largest absolute Gasteiger partial charge is 0.396 e. The third kappa shape index (κ3) is 6.19. The Kier molecular flexibility index (Phi) is 7.72. The predicted octanol–water partition coefficient (Wildman–Crippen LogP) is 2.61. The predicted molar refractivity (Wildman–Crippen MR) is 76.8 cm³/mol. The highest BCUT2D eigenvalue weighted by molar-refractivity contribution is 5.13. The standard InChI is InChI=1S/C16H26O3/c1-13(2)15(11-17)16(18)9-6-10-19-12-14-7-4-3-5-8-14/h3-5,7-8,13,15-18H,6,9-12H2,1-2H3/t15-,16-/m1/s1. The van der Waals surface area contributed by atoms with Crippen molar-refractivity contribution in [3.05, 3.63) is 35.9 Å². The Labute approximate surface area is 116 Å². The fourth-order valence-corrected chi connectivity index (χ4v) is 2.15. The summed E-state index contributed by atoms with van der Waals surface area (Å²) in [6, 6.07) is 10.1. The van der Waals surface area contributed by atoms with Crippen LogP contribution in [-0.4, -0.2) is 29.5 Å². The molecule has 0 aliphatic carbocycles. The molecule has 108 valence electrons. The number of benzene rings is 1. The average Bonchev–Trinajstić information content (AvgIpc) is 2.40. The molecule has 0 unspecified atom stereocenters. The summed E-state index contributed by atoms with van der Waals surface area (Å²) in [6.07, 6.45) is 1.06. The van der Waals surface area contributed by atoms with E-state index in [1.54, 1.807) is 0 Å². The van der Waals surface area contributed by atoms with Crippen LogP contribution in [0.2, 0.25) is 0 Å². The molecule has 0 fully saturated rings. The molecule has 0 aliphatic heterocycles. The molecule has 0 bridgehead atoms. The van der Waals surface area contributed by atoms with Crippen LogP contribution in [0.1, 0.15) is 32.3 Å². The Bertz CT molecular complexity index is 324. The minimum atomic E-state index is -0.440. The molecule has 1 aromatic rings. The van der Waals surface area contributed by atoms with Gasteiger partial charge in [0.05, 0.1) is 12.7 Å². The fourth-order valence-electron chi connectivity index (χ4n) is 2.15. The summed E-state index contributed by atoms with van der Waals surface area (Å²) in [4.78, 5) is 0. The van der Waals surface area contributed by atoms with Gasteiger partial charge in [-0.3, -0.25) is 0 Å². The molecule has 2 N–H and O–H groups in total. The van der Waals surface area contributed by atoms with Gasteiger partial charge in [-0.25, -0.2) is 0 Å². The Hall–Kier alpha value is -0.900. The number of rotatable bonds is 9. The van der Waals surface area contributed by atoms with Gasteiger partial charge in [0.2, 0.25) is 0 Å². The zero-order chi connectivity index (χ0) is 14.1. The van der Waals surface area contributed by atoms with E-state index in [1.165, 1.54) is 5.56 Å². The maximum absolute atomic E-state index is 9.98. The molecule has 0 saturated heterocycles. The van der Waals surface area contributed by atoms with Crippen molar-refractivity contribution in [2.75, 3.05) is 13.2 Å². The second-order valence-corrected chi connectivity index (χ2v) is 5.34. The summed E-state index contributed by atoms with van der Waals surface area (Å²) in [6.45, 7) is 5.35. The van der Waals surface area contributed by atoms with E-state index in [-0.39, 0.29) is 12.5 Å². The van der Waals surface area contributed by atoms with Crippen LogP contribution >= 0.6 is 0 Å². The molecule has 0 aromatic heterocycles. The molecule has 0 amide bonds. The maximum Gasteiger partial charge on any atom is 0.0716 e. The molecule has 0 radical (unpaired) electrons. The van der Waals surface area contributed by atoms with Gasteiger partial charge in [0.15, 0.2) is 0 Å². The van der Waals surface area contributed by atoms with Gasteiger partial charge in [0.25, 0.3) is 0 Å². The number of hydrogen-bond donors (Lipinski definition) is 2. The van der Waals surface area contributed by atoms with Crippen LogP contribution in [0.25, 0.3) is 0 Å². The molecule has 19 heavy (non-hydrogen) atoms. The first-order chi connectivity index (χ1) is 9.15. The lowest BCUT2D eigenvalue weighted by molar-refractivity contribution is 0.0261. The van der Waals surface area contributed by atoms with Crippen LogP contribution in [0.4, 0.5) is 0 Å². The Morgan fingerprint density at radius 2 is 1.84 bits per heavy atom. The second kappa shape index (κ2) is 9.08. The third-order valence-corrected chi connectivity index (χ3v) is 3.46. The molecule has 3 heteroatoms. The summed E-state index contributed by atoms with van der Waals surface area (Å²) >= 11 is 0. The summed E-state index contributed by atoms with van der Waals surface area (Å²) in [5, 5.41) is 19.2. The van der Waals surface area contributed by atoms with Gasteiger partial charge in [-0.2, -0.15) is 0 Å². The monoisotopic (exact) mass is 266 g/mol. The molecule has 0 saturated carbocycles. The molecule has 2 atom stereocenters. The maximum atomic E-state index is 9.98. The van der Waals surface area contributed by atoms with E-state index in [4.69, 9.17) is 4.74 Å². The summed E-state index contributed by atoms with van der Waals surface area (Å²) in [7, 11) is 0. The highest BCUT2D eigenvalue weighted by Crippen LogP contribution is 2.18. The first-order valence-corrected chi connectivity index (χ1v) is 7.05. The van der Waals surface area contributed by atoms with Crippen LogP contribution in [0.5, 0.6) is 0 Å². The van der Waals surface area contributed by atoms with E-state index in [2.05, 4.69) is 0 Å². The average molecular weight is 266 g/mol. The second-order valence-electron chi connectivity index (χ2n) is 5.34. The van der Waals surface area contributed by atoms with E-state index in [9.17, 15) is 10.2 Å². The lowest BCUT2D eigenvalue weighted by Crippen LogP contribution is -2.28. The first kappa shape index (κ1) is 16.2. The molecule has 1 aromatic carbocycles. The summed E-state index contributed by atoms with van der Waals surface area (Å²) in [5.41, 5.74) is 1.17. The zero-order valence-electron chi connectivity index (χ0n) is 12.0. The van der Waals surface area contributed by atoms with E-state index in [1.807, 2.05) is 44.2 Å². The van der Waals surface area contributed by atoms with Crippen LogP contribution in [-0.2, 0) is 11.3 Å². The fraction of sp³-hybridized carbons (Fsp3) is 0.625. The molecule has 3 nitrogen and oxygen atoms in total. The molecular weight excluding hydrogens is 240 g/mol. The molecule has 0 heterocycles. The van der Waals surface area contributed by atoms with Gasteiger partial charge in [-0.05, 0) is 24.3 Å². The van der Waals surface area contributed by atoms with Crippen LogP contribution in [0.15, 0.2) is 30.3 Å². The molecule has 0 aliphatic rings. The van der Waals surface area contributed by atoms with Crippen molar-refractivity contribution in [1.82, 2.24) is 0 Å². The van der Waals surface area contributed by atoms with Crippen molar-refractivity contribution in [1.29, 1.82) is 0 Å². The highest BCUT2D eigenvalue weighted by atomic mass is 16.5. The topological polar surface area (TPSA) is 49.7 Å². The third-order valence-electron chi connectivity index (χ3n) is 3.46. The Morgan fingerprint density at radius 3 is 2.42 bits per heavy atom. The molecular formula is C16H26O3. The van der Waals surface area contributed by atoms with Crippen molar-refractivity contribution in [2.24, 2.45) is 11.8 Å². The van der Waals surface area contributed by atoms with Gasteiger partial charge in [0, 0.05) is 19.1 Å². The lowest BCUT2D eigenvalue weighted by atomic mass is 9.89. The van der Waals surface area contributed by atoms with E-state index < -0.39 is 6.10 Å². The number of aliphatic hydroxyl groups excluding tert-OH is 2. The summed E-state index contributed by atoms with van der Waals surface area (Å²) < 4.78 is 5.57. The minimum absolute atomic E-state index is 0.0332. The zero-order valence-corrected chi connectivity index (χ0v) is 12.0. The lowest BCUT2D eigenvalue weighted by Gasteiger charge is -2.24. The number of ether oxygens (including phenoxy) is 1. The van der Waals surface area contributed by atoms with Gasteiger partial charge < -0.3 is 14.9 Å². The van der Waals surface area contributed by atoms with Gasteiger partial charge >= 0.3 is 0 Å². The van der Waals surface area contributed by atoms with Crippen LogP contribution in [0.3, 0.4) is 0 Å². The highest BCUT2D eigenvalue weighted by Gasteiger charge is 2.21. The van der Waals surface area contributed by atoms with Crippen LogP contribution < -0.4 is 0 Å². The normalized spacial score (nSPS) is 14.6. The van der Waals surface area contributed by atoms with E-state index in [0.29, 0.717) is 25.6 Å². The number of hydrogen-bond acceptors (Lipinski definition) is 3. The van der Waals surface area contributed by atoms with Gasteiger partial charge in [-0.15, -0.1) is 0 Å². The van der Waals surface area contributed by atoms with Gasteiger partial charge in [0.1, 0.15) is 0 Å². The van der Waals surface area contributed by atoms with E-state index in [0.717, 1.165) is 6.42 Å². The van der Waals surface area contributed by atoms with Crippen molar-refractivity contribution in [3.8, 4) is 0 Å². The Morgan fingerprint density at radius 1 is 1.16 bits per heavy atom. The Balaban J connectivity index is 2.13.